The Bertz CT molecular complexity index is 297. The van der Waals surface area contributed by atoms with Crippen LogP contribution in [0.25, 0.3) is 0 Å². The molecule has 4 nitrogen and oxygen atoms in total. The lowest BCUT2D eigenvalue weighted by atomic mass is 9.88. The Morgan fingerprint density at radius 1 is 1.44 bits per heavy atom. The number of nitrogens with one attached hydrogen (secondary N) is 1. The van der Waals surface area contributed by atoms with Crippen LogP contribution >= 0.6 is 0 Å². The molecule has 1 atom stereocenters. The van der Waals surface area contributed by atoms with Gasteiger partial charge in [-0.3, -0.25) is 4.79 Å². The molecule has 1 rings (SSSR count). The monoisotopic (exact) mass is 256 g/mol. The van der Waals surface area contributed by atoms with E-state index in [1.165, 1.54) is 0 Å². The van der Waals surface area contributed by atoms with Crippen LogP contribution in [0, 0.1) is 5.41 Å². The summed E-state index contributed by atoms with van der Waals surface area (Å²) in [6.07, 6.45) is 1.43. The Labute approximate surface area is 111 Å². The van der Waals surface area contributed by atoms with E-state index in [1.54, 1.807) is 0 Å². The smallest absolute Gasteiger partial charge is 0.255 e. The highest BCUT2D eigenvalue weighted by molar-refractivity contribution is 5.86. The molecule has 0 aromatic heterocycles. The predicted molar refractivity (Wildman–Crippen MR) is 73.4 cm³/mol. The van der Waals surface area contributed by atoms with Crippen LogP contribution in [-0.2, 0) is 4.79 Å². The molecule has 0 saturated carbocycles. The average Bonchev–Trinajstić information content (AvgIpc) is 2.21. The first-order chi connectivity index (χ1) is 8.14. The fraction of sp³-hybridized carbons (Fsp3) is 0.929. The summed E-state index contributed by atoms with van der Waals surface area (Å²) >= 11 is 0. The molecule has 0 bridgehead atoms. The zero-order valence-electron chi connectivity index (χ0n) is 12.4. The summed E-state index contributed by atoms with van der Waals surface area (Å²) in [5.74, 6) is -0.114. The van der Waals surface area contributed by atoms with Crippen LogP contribution < -0.4 is 5.32 Å². The Morgan fingerprint density at radius 2 is 2.06 bits per heavy atom. The number of carbonyl (C=O) groups is 1. The van der Waals surface area contributed by atoms with Gasteiger partial charge < -0.3 is 15.3 Å². The number of nitrogens with zero attached hydrogens (tertiary/aromatic N) is 1. The first kappa shape index (κ1) is 15.4. The molecule has 1 fully saturated rings. The zero-order chi connectivity index (χ0) is 14.0. The highest BCUT2D eigenvalue weighted by atomic mass is 16.3. The molecule has 4 heteroatoms. The molecule has 0 aromatic rings. The zero-order valence-corrected chi connectivity index (χ0v) is 12.4. The van der Waals surface area contributed by atoms with Crippen molar-refractivity contribution in [3.63, 3.8) is 0 Å². The lowest BCUT2D eigenvalue weighted by Crippen LogP contribution is -2.59. The third-order valence-corrected chi connectivity index (χ3v) is 3.17. The molecule has 0 spiro atoms. The van der Waals surface area contributed by atoms with E-state index in [0.29, 0.717) is 19.5 Å². The highest BCUT2D eigenvalue weighted by Crippen LogP contribution is 2.25. The van der Waals surface area contributed by atoms with Gasteiger partial charge in [-0.05, 0) is 18.3 Å². The van der Waals surface area contributed by atoms with Crippen molar-refractivity contribution in [3.05, 3.63) is 0 Å². The number of piperidine rings is 1. The molecule has 1 aliphatic rings. The summed E-state index contributed by atoms with van der Waals surface area (Å²) < 4.78 is 0. The largest absolute Gasteiger partial charge is 0.379 e. The minimum absolute atomic E-state index is 0.0688. The van der Waals surface area contributed by atoms with Gasteiger partial charge in [-0.2, -0.15) is 0 Å². The maximum atomic E-state index is 12.4. The molecule has 1 amide bonds. The lowest BCUT2D eigenvalue weighted by molar-refractivity contribution is -0.158. The van der Waals surface area contributed by atoms with Gasteiger partial charge in [-0.1, -0.05) is 34.6 Å². The average molecular weight is 256 g/mol. The van der Waals surface area contributed by atoms with Gasteiger partial charge in [-0.15, -0.1) is 0 Å². The van der Waals surface area contributed by atoms with Gasteiger partial charge in [0, 0.05) is 25.7 Å². The van der Waals surface area contributed by atoms with E-state index >= 15 is 0 Å². The van der Waals surface area contributed by atoms with Crippen LogP contribution in [-0.4, -0.2) is 47.2 Å². The standard InChI is InChI=1S/C14H28N2O2/c1-11(2)15-9-14(18)7-6-8-16(12(14)17)10-13(3,4)5/h11,15,18H,6-10H2,1-5H3. The van der Waals surface area contributed by atoms with E-state index in [0.717, 1.165) is 13.0 Å². The number of likely N-dealkylation sites (tertiary alicyclic amines) is 1. The third-order valence-electron chi connectivity index (χ3n) is 3.17. The second-order valence-corrected chi connectivity index (χ2v) is 6.96. The topological polar surface area (TPSA) is 52.6 Å². The van der Waals surface area contributed by atoms with Crippen molar-refractivity contribution < 1.29 is 9.90 Å². The highest BCUT2D eigenvalue weighted by Gasteiger charge is 2.42. The van der Waals surface area contributed by atoms with Crippen LogP contribution in [0.1, 0.15) is 47.5 Å². The number of rotatable bonds is 4. The lowest BCUT2D eigenvalue weighted by Gasteiger charge is -2.41. The first-order valence-electron chi connectivity index (χ1n) is 6.89. The van der Waals surface area contributed by atoms with E-state index < -0.39 is 5.60 Å². The molecular weight excluding hydrogens is 228 g/mol. The first-order valence-corrected chi connectivity index (χ1v) is 6.89. The summed E-state index contributed by atoms with van der Waals surface area (Å²) in [5.41, 5.74) is -1.15. The fourth-order valence-electron chi connectivity index (χ4n) is 2.33. The predicted octanol–water partition coefficient (Wildman–Crippen LogP) is 1.38. The third kappa shape index (κ3) is 4.25. The van der Waals surface area contributed by atoms with Crippen molar-refractivity contribution in [2.45, 2.75) is 59.1 Å². The van der Waals surface area contributed by atoms with Crippen molar-refractivity contribution in [2.75, 3.05) is 19.6 Å². The van der Waals surface area contributed by atoms with E-state index in [4.69, 9.17) is 0 Å². The minimum Gasteiger partial charge on any atom is -0.379 e. The van der Waals surface area contributed by atoms with Crippen molar-refractivity contribution >= 4 is 5.91 Å². The van der Waals surface area contributed by atoms with Crippen molar-refractivity contribution in [1.82, 2.24) is 10.2 Å². The molecule has 1 heterocycles. The minimum atomic E-state index is -1.21. The Kier molecular flexibility index (Phi) is 4.78. The van der Waals surface area contributed by atoms with Gasteiger partial charge in [0.05, 0.1) is 0 Å². The van der Waals surface area contributed by atoms with E-state index in [2.05, 4.69) is 26.1 Å². The summed E-state index contributed by atoms with van der Waals surface area (Å²) in [4.78, 5) is 14.2. The number of carbonyl (C=O) groups excluding carboxylic acids is 1. The van der Waals surface area contributed by atoms with Crippen molar-refractivity contribution in [3.8, 4) is 0 Å². The van der Waals surface area contributed by atoms with E-state index in [1.807, 2.05) is 18.7 Å². The normalized spacial score (nSPS) is 25.9. The van der Waals surface area contributed by atoms with Crippen LogP contribution in [0.3, 0.4) is 0 Å². The summed E-state index contributed by atoms with van der Waals surface area (Å²) in [6.45, 7) is 12.2. The number of amides is 1. The van der Waals surface area contributed by atoms with Crippen LogP contribution in [0.5, 0.6) is 0 Å². The Balaban J connectivity index is 2.68. The van der Waals surface area contributed by atoms with Crippen molar-refractivity contribution in [2.24, 2.45) is 5.41 Å². The molecule has 18 heavy (non-hydrogen) atoms. The van der Waals surface area contributed by atoms with Gasteiger partial charge in [0.2, 0.25) is 0 Å². The van der Waals surface area contributed by atoms with Crippen molar-refractivity contribution in [1.29, 1.82) is 0 Å². The molecule has 1 unspecified atom stereocenters. The molecule has 0 radical (unpaired) electrons. The molecule has 0 aromatic carbocycles. The van der Waals surface area contributed by atoms with E-state index in [9.17, 15) is 9.90 Å². The van der Waals surface area contributed by atoms with Gasteiger partial charge in [-0.25, -0.2) is 0 Å². The van der Waals surface area contributed by atoms with E-state index in [-0.39, 0.29) is 17.4 Å². The number of hydrogen-bond acceptors (Lipinski definition) is 3. The maximum Gasteiger partial charge on any atom is 0.255 e. The quantitative estimate of drug-likeness (QED) is 0.799. The van der Waals surface area contributed by atoms with Crippen LogP contribution in [0.4, 0.5) is 0 Å². The van der Waals surface area contributed by atoms with Gasteiger partial charge >= 0.3 is 0 Å². The summed E-state index contributed by atoms with van der Waals surface area (Å²) in [7, 11) is 0. The molecule has 106 valence electrons. The maximum absolute atomic E-state index is 12.4. The second-order valence-electron chi connectivity index (χ2n) is 6.96. The number of hydrogen-bond donors (Lipinski definition) is 2. The van der Waals surface area contributed by atoms with Gasteiger partial charge in [0.15, 0.2) is 5.60 Å². The second kappa shape index (κ2) is 5.57. The summed E-state index contributed by atoms with van der Waals surface area (Å²) in [5, 5.41) is 13.7. The Morgan fingerprint density at radius 3 is 2.56 bits per heavy atom. The van der Waals surface area contributed by atoms with Crippen LogP contribution in [0.2, 0.25) is 0 Å². The summed E-state index contributed by atoms with van der Waals surface area (Å²) in [6, 6.07) is 0.278. The molecular formula is C14H28N2O2. The number of aliphatic hydroxyl groups is 1. The van der Waals surface area contributed by atoms with Gasteiger partial charge in [0.1, 0.15) is 0 Å². The Hall–Kier alpha value is -0.610. The molecule has 0 aliphatic carbocycles. The molecule has 2 N–H and O–H groups in total. The fourth-order valence-corrected chi connectivity index (χ4v) is 2.33. The van der Waals surface area contributed by atoms with Crippen LogP contribution in [0.15, 0.2) is 0 Å². The molecule has 1 saturated heterocycles. The molecule has 1 aliphatic heterocycles. The van der Waals surface area contributed by atoms with Gasteiger partial charge in [0.25, 0.3) is 5.91 Å². The SMILES string of the molecule is CC(C)NCC1(O)CCCN(CC(C)(C)C)C1=O.